The Morgan fingerprint density at radius 3 is 2.26 bits per heavy atom. The largest absolute Gasteiger partial charge is 0.457 e. The van der Waals surface area contributed by atoms with Crippen molar-refractivity contribution in [2.45, 2.75) is 73.0 Å². The monoisotopic (exact) mass is 320 g/mol. The average molecular weight is 320 g/mol. The molecule has 2 rings (SSSR count). The standard InChI is InChI=1S/C19H28O4/c1-11(2)16-8-7-13(4)19(16)10-9-12(3)17(22-14(5)20)18(19)23-15(6)21/h9,13,17-18H,7-8,10H2,1-6H3/t13-,17-,18-,19-/m1/s1. The van der Waals surface area contributed by atoms with E-state index in [4.69, 9.17) is 9.47 Å². The van der Waals surface area contributed by atoms with E-state index in [1.54, 1.807) is 0 Å². The molecule has 1 spiro atoms. The van der Waals surface area contributed by atoms with Crippen LogP contribution in [0.1, 0.15) is 60.8 Å². The van der Waals surface area contributed by atoms with Crippen LogP contribution < -0.4 is 0 Å². The molecule has 2 aliphatic carbocycles. The molecule has 0 aliphatic heterocycles. The van der Waals surface area contributed by atoms with Gasteiger partial charge in [-0.3, -0.25) is 9.59 Å². The van der Waals surface area contributed by atoms with Crippen LogP contribution in [0.15, 0.2) is 22.8 Å². The Balaban J connectivity index is 2.58. The first-order chi connectivity index (χ1) is 10.7. The maximum atomic E-state index is 11.8. The van der Waals surface area contributed by atoms with Crippen molar-refractivity contribution in [3.05, 3.63) is 22.8 Å². The summed E-state index contributed by atoms with van der Waals surface area (Å²) in [7, 11) is 0. The van der Waals surface area contributed by atoms with Crippen LogP contribution in [-0.4, -0.2) is 24.1 Å². The molecule has 0 aromatic rings. The molecule has 0 N–H and O–H groups in total. The Bertz CT molecular complexity index is 568. The lowest BCUT2D eigenvalue weighted by Gasteiger charge is -2.47. The molecular formula is C19H28O4. The van der Waals surface area contributed by atoms with Crippen LogP contribution in [0, 0.1) is 11.3 Å². The van der Waals surface area contributed by atoms with E-state index in [0.29, 0.717) is 5.92 Å². The summed E-state index contributed by atoms with van der Waals surface area (Å²) in [6.45, 7) is 11.2. The van der Waals surface area contributed by atoms with Crippen LogP contribution in [0.3, 0.4) is 0 Å². The molecule has 4 nitrogen and oxygen atoms in total. The quantitative estimate of drug-likeness (QED) is 0.571. The number of allylic oxidation sites excluding steroid dienone is 2. The fourth-order valence-corrected chi connectivity index (χ4v) is 4.39. The summed E-state index contributed by atoms with van der Waals surface area (Å²) in [4.78, 5) is 23.4. The number of carbonyl (C=O) groups is 2. The zero-order valence-corrected chi connectivity index (χ0v) is 15.1. The highest BCUT2D eigenvalue weighted by atomic mass is 16.6. The van der Waals surface area contributed by atoms with Crippen molar-refractivity contribution in [3.63, 3.8) is 0 Å². The average Bonchev–Trinajstić information content (AvgIpc) is 2.75. The maximum Gasteiger partial charge on any atom is 0.303 e. The summed E-state index contributed by atoms with van der Waals surface area (Å²) in [5.41, 5.74) is 3.34. The molecule has 1 saturated carbocycles. The van der Waals surface area contributed by atoms with Crippen molar-refractivity contribution in [2.75, 3.05) is 0 Å². The predicted octanol–water partition coefficient (Wildman–Crippen LogP) is 3.95. The van der Waals surface area contributed by atoms with E-state index in [0.717, 1.165) is 24.8 Å². The molecule has 2 aliphatic rings. The lowest BCUT2D eigenvalue weighted by Crippen LogP contribution is -2.52. The molecule has 23 heavy (non-hydrogen) atoms. The van der Waals surface area contributed by atoms with E-state index in [1.807, 2.05) is 6.92 Å². The highest BCUT2D eigenvalue weighted by Gasteiger charge is 2.56. The first-order valence-corrected chi connectivity index (χ1v) is 8.38. The zero-order chi connectivity index (χ0) is 17.4. The summed E-state index contributed by atoms with van der Waals surface area (Å²) in [5.74, 6) is -0.297. The molecule has 1 fully saturated rings. The van der Waals surface area contributed by atoms with Gasteiger partial charge in [0.1, 0.15) is 0 Å². The Morgan fingerprint density at radius 2 is 1.74 bits per heavy atom. The number of esters is 2. The number of hydrogen-bond acceptors (Lipinski definition) is 4. The number of carbonyl (C=O) groups excluding carboxylic acids is 2. The third kappa shape index (κ3) is 3.08. The molecule has 0 aromatic heterocycles. The summed E-state index contributed by atoms with van der Waals surface area (Å²) in [6.07, 6.45) is 4.12. The lowest BCUT2D eigenvalue weighted by molar-refractivity contribution is -0.175. The van der Waals surface area contributed by atoms with E-state index in [9.17, 15) is 9.59 Å². The van der Waals surface area contributed by atoms with Gasteiger partial charge in [-0.2, -0.15) is 0 Å². The Labute approximate surface area is 138 Å². The predicted molar refractivity (Wildman–Crippen MR) is 88.7 cm³/mol. The SMILES string of the molecule is CC(=O)O[C@@H]1C(C)=CC[C@@]2(C(=C(C)C)CC[C@H]2C)[C@@H]1OC(C)=O. The Morgan fingerprint density at radius 1 is 1.13 bits per heavy atom. The van der Waals surface area contributed by atoms with Crippen molar-refractivity contribution in [1.29, 1.82) is 0 Å². The molecule has 4 heteroatoms. The van der Waals surface area contributed by atoms with Crippen molar-refractivity contribution < 1.29 is 19.1 Å². The molecule has 0 heterocycles. The van der Waals surface area contributed by atoms with E-state index < -0.39 is 12.2 Å². The molecular weight excluding hydrogens is 292 g/mol. The smallest absolute Gasteiger partial charge is 0.303 e. The van der Waals surface area contributed by atoms with Gasteiger partial charge in [0.25, 0.3) is 0 Å². The second-order valence-corrected chi connectivity index (χ2v) is 7.17. The first kappa shape index (κ1) is 17.8. The van der Waals surface area contributed by atoms with Gasteiger partial charge in [-0.05, 0) is 51.5 Å². The van der Waals surface area contributed by atoms with Crippen LogP contribution in [0.25, 0.3) is 0 Å². The van der Waals surface area contributed by atoms with E-state index in [1.165, 1.54) is 25.0 Å². The topological polar surface area (TPSA) is 52.6 Å². The minimum atomic E-state index is -0.500. The molecule has 0 saturated heterocycles. The van der Waals surface area contributed by atoms with Gasteiger partial charge in [0.15, 0.2) is 12.2 Å². The van der Waals surface area contributed by atoms with Gasteiger partial charge in [-0.1, -0.05) is 24.1 Å². The van der Waals surface area contributed by atoms with Gasteiger partial charge in [-0.15, -0.1) is 0 Å². The molecule has 0 bridgehead atoms. The van der Waals surface area contributed by atoms with Gasteiger partial charge in [0, 0.05) is 19.3 Å². The fourth-order valence-electron chi connectivity index (χ4n) is 4.39. The van der Waals surface area contributed by atoms with Crippen LogP contribution in [0.2, 0.25) is 0 Å². The van der Waals surface area contributed by atoms with Gasteiger partial charge in [-0.25, -0.2) is 0 Å². The molecule has 128 valence electrons. The molecule has 0 amide bonds. The fraction of sp³-hybridized carbons (Fsp3) is 0.684. The van der Waals surface area contributed by atoms with Crippen LogP contribution >= 0.6 is 0 Å². The van der Waals surface area contributed by atoms with Gasteiger partial charge < -0.3 is 9.47 Å². The van der Waals surface area contributed by atoms with Gasteiger partial charge >= 0.3 is 11.9 Å². The second-order valence-electron chi connectivity index (χ2n) is 7.17. The van der Waals surface area contributed by atoms with E-state index in [2.05, 4.69) is 26.8 Å². The van der Waals surface area contributed by atoms with Crippen LogP contribution in [-0.2, 0) is 19.1 Å². The van der Waals surface area contributed by atoms with Crippen molar-refractivity contribution in [2.24, 2.45) is 11.3 Å². The first-order valence-electron chi connectivity index (χ1n) is 8.38. The number of rotatable bonds is 2. The Hall–Kier alpha value is -1.58. The Kier molecular flexibility index (Phi) is 5.02. The number of ether oxygens (including phenoxy) is 2. The summed E-state index contributed by atoms with van der Waals surface area (Å²) in [6, 6.07) is 0. The van der Waals surface area contributed by atoms with Gasteiger partial charge in [0.2, 0.25) is 0 Å². The zero-order valence-electron chi connectivity index (χ0n) is 15.1. The molecule has 0 aromatic carbocycles. The minimum Gasteiger partial charge on any atom is -0.457 e. The normalized spacial score (nSPS) is 33.4. The van der Waals surface area contributed by atoms with Crippen LogP contribution in [0.5, 0.6) is 0 Å². The van der Waals surface area contributed by atoms with E-state index >= 15 is 0 Å². The maximum absolute atomic E-state index is 11.8. The summed E-state index contributed by atoms with van der Waals surface area (Å²) >= 11 is 0. The molecule has 0 unspecified atom stereocenters. The van der Waals surface area contributed by atoms with Crippen molar-refractivity contribution in [1.82, 2.24) is 0 Å². The summed E-state index contributed by atoms with van der Waals surface area (Å²) < 4.78 is 11.3. The molecule has 0 radical (unpaired) electrons. The highest BCUT2D eigenvalue weighted by Crippen LogP contribution is 2.57. The number of hydrogen-bond donors (Lipinski definition) is 0. The molecule has 4 atom stereocenters. The minimum absolute atomic E-state index is 0.260. The van der Waals surface area contributed by atoms with Crippen LogP contribution in [0.4, 0.5) is 0 Å². The second kappa shape index (κ2) is 6.50. The highest BCUT2D eigenvalue weighted by molar-refractivity contribution is 5.68. The van der Waals surface area contributed by atoms with E-state index in [-0.39, 0.29) is 17.4 Å². The summed E-state index contributed by atoms with van der Waals surface area (Å²) in [5, 5.41) is 0. The third-order valence-electron chi connectivity index (χ3n) is 5.45. The van der Waals surface area contributed by atoms with Crippen molar-refractivity contribution >= 4 is 11.9 Å². The lowest BCUT2D eigenvalue weighted by atomic mass is 9.63. The third-order valence-corrected chi connectivity index (χ3v) is 5.45. The van der Waals surface area contributed by atoms with Gasteiger partial charge in [0.05, 0.1) is 0 Å². The van der Waals surface area contributed by atoms with Crippen molar-refractivity contribution in [3.8, 4) is 0 Å².